The van der Waals surface area contributed by atoms with Crippen molar-refractivity contribution in [3.8, 4) is 0 Å². The Kier molecular flexibility index (Phi) is 6.70. The van der Waals surface area contributed by atoms with Crippen LogP contribution in [0.3, 0.4) is 0 Å². The summed E-state index contributed by atoms with van der Waals surface area (Å²) in [6.45, 7) is 6.07. The minimum absolute atomic E-state index is 0.121. The Bertz CT molecular complexity index is 411. The molecule has 1 atom stereocenters. The Balaban J connectivity index is 2.65. The Morgan fingerprint density at radius 1 is 1.40 bits per heavy atom. The lowest BCUT2D eigenvalue weighted by Crippen LogP contribution is -2.53. The van der Waals surface area contributed by atoms with E-state index in [1.165, 1.54) is 4.31 Å². The normalized spacial score (nSPS) is 20.9. The van der Waals surface area contributed by atoms with Crippen LogP contribution >= 0.6 is 0 Å². The summed E-state index contributed by atoms with van der Waals surface area (Å²) in [6.07, 6.45) is 1.65. The maximum absolute atomic E-state index is 12.1. The summed E-state index contributed by atoms with van der Waals surface area (Å²) in [5.74, 6) is 0.511. The third kappa shape index (κ3) is 5.26. The van der Waals surface area contributed by atoms with Crippen LogP contribution in [0.4, 0.5) is 4.79 Å². The molecule has 7 nitrogen and oxygen atoms in total. The first-order chi connectivity index (χ1) is 9.36. The third-order valence-corrected chi connectivity index (χ3v) is 4.73. The van der Waals surface area contributed by atoms with Gasteiger partial charge in [-0.15, -0.1) is 0 Å². The van der Waals surface area contributed by atoms with Crippen molar-refractivity contribution in [1.82, 2.24) is 14.3 Å². The molecule has 0 bridgehead atoms. The lowest BCUT2D eigenvalue weighted by atomic mass is 10.0. The van der Waals surface area contributed by atoms with Crippen LogP contribution in [-0.2, 0) is 14.9 Å². The average molecular weight is 307 g/mol. The Morgan fingerprint density at radius 2 is 2.10 bits per heavy atom. The van der Waals surface area contributed by atoms with Crippen molar-refractivity contribution in [3.63, 3.8) is 0 Å². The van der Waals surface area contributed by atoms with E-state index < -0.39 is 16.3 Å². The summed E-state index contributed by atoms with van der Waals surface area (Å²) in [5.41, 5.74) is 0. The largest absolute Gasteiger partial charge is 0.452 e. The molecule has 1 saturated heterocycles. The molecular weight excluding hydrogens is 282 g/mol. The van der Waals surface area contributed by atoms with E-state index in [0.717, 1.165) is 32.9 Å². The molecule has 0 saturated carbocycles. The van der Waals surface area contributed by atoms with E-state index in [-0.39, 0.29) is 6.04 Å². The fourth-order valence-corrected chi connectivity index (χ4v) is 3.59. The number of ether oxygens (including phenoxy) is 1. The second kappa shape index (κ2) is 7.80. The average Bonchev–Trinajstić information content (AvgIpc) is 2.38. The molecule has 0 spiro atoms. The lowest BCUT2D eigenvalue weighted by Gasteiger charge is -2.34. The molecule has 8 heteroatoms. The SMILES string of the molecule is COC(=O)NS(=O)(=O)N1CCCCC1CNCC(C)C. The maximum Gasteiger partial charge on any atom is 0.421 e. The van der Waals surface area contributed by atoms with Gasteiger partial charge in [0.25, 0.3) is 0 Å². The molecule has 1 rings (SSSR count). The highest BCUT2D eigenvalue weighted by molar-refractivity contribution is 7.87. The zero-order valence-electron chi connectivity index (χ0n) is 12.4. The zero-order valence-corrected chi connectivity index (χ0v) is 13.2. The predicted octanol–water partition coefficient (Wildman–Crippen LogP) is 0.687. The number of amides is 1. The number of piperidine rings is 1. The highest BCUT2D eigenvalue weighted by Gasteiger charge is 2.33. The molecule has 2 N–H and O–H groups in total. The summed E-state index contributed by atoms with van der Waals surface area (Å²) >= 11 is 0. The minimum atomic E-state index is -3.83. The minimum Gasteiger partial charge on any atom is -0.452 e. The molecule has 20 heavy (non-hydrogen) atoms. The van der Waals surface area contributed by atoms with E-state index >= 15 is 0 Å². The van der Waals surface area contributed by atoms with Crippen molar-refractivity contribution in [2.24, 2.45) is 5.92 Å². The highest BCUT2D eigenvalue weighted by atomic mass is 32.2. The van der Waals surface area contributed by atoms with Gasteiger partial charge in [-0.05, 0) is 25.3 Å². The standard InChI is InChI=1S/C12H25N3O4S/c1-10(2)8-13-9-11-6-4-5-7-15(11)20(17,18)14-12(16)19-3/h10-11,13H,4-9H2,1-3H3,(H,14,16). The van der Waals surface area contributed by atoms with Crippen molar-refractivity contribution in [2.75, 3.05) is 26.7 Å². The van der Waals surface area contributed by atoms with Gasteiger partial charge in [0.05, 0.1) is 7.11 Å². The monoisotopic (exact) mass is 307 g/mol. The Hall–Kier alpha value is -0.860. The lowest BCUT2D eigenvalue weighted by molar-refractivity contribution is 0.175. The second-order valence-electron chi connectivity index (χ2n) is 5.41. The van der Waals surface area contributed by atoms with Gasteiger partial charge in [0.2, 0.25) is 0 Å². The summed E-state index contributed by atoms with van der Waals surface area (Å²) in [4.78, 5) is 11.1. The van der Waals surface area contributed by atoms with Crippen molar-refractivity contribution in [2.45, 2.75) is 39.2 Å². The number of nitrogens with zero attached hydrogens (tertiary/aromatic N) is 1. The zero-order chi connectivity index (χ0) is 15.2. The van der Waals surface area contributed by atoms with Crippen molar-refractivity contribution in [3.05, 3.63) is 0 Å². The van der Waals surface area contributed by atoms with Crippen molar-refractivity contribution in [1.29, 1.82) is 0 Å². The summed E-state index contributed by atoms with van der Waals surface area (Å²) in [5, 5.41) is 3.27. The molecule has 1 amide bonds. The van der Waals surface area contributed by atoms with Crippen LogP contribution < -0.4 is 10.0 Å². The number of methoxy groups -OCH3 is 1. The molecule has 0 aromatic heterocycles. The van der Waals surface area contributed by atoms with E-state index in [1.807, 2.05) is 4.72 Å². The van der Waals surface area contributed by atoms with Crippen LogP contribution in [0, 0.1) is 5.92 Å². The number of rotatable bonds is 6. The van der Waals surface area contributed by atoms with Gasteiger partial charge in [-0.25, -0.2) is 9.52 Å². The van der Waals surface area contributed by atoms with Gasteiger partial charge in [-0.3, -0.25) is 0 Å². The number of nitrogens with one attached hydrogen (secondary N) is 2. The van der Waals surface area contributed by atoms with Gasteiger partial charge in [0, 0.05) is 19.1 Å². The molecule has 0 aromatic carbocycles. The van der Waals surface area contributed by atoms with E-state index in [1.54, 1.807) is 0 Å². The molecule has 1 aliphatic heterocycles. The van der Waals surface area contributed by atoms with E-state index in [9.17, 15) is 13.2 Å². The van der Waals surface area contributed by atoms with Crippen LogP contribution in [0.5, 0.6) is 0 Å². The smallest absolute Gasteiger partial charge is 0.421 e. The molecule has 1 unspecified atom stereocenters. The fraction of sp³-hybridized carbons (Fsp3) is 0.917. The summed E-state index contributed by atoms with van der Waals surface area (Å²) in [7, 11) is -2.68. The molecule has 1 fully saturated rings. The van der Waals surface area contributed by atoms with Crippen LogP contribution in [0.25, 0.3) is 0 Å². The van der Waals surface area contributed by atoms with Crippen LogP contribution in [0.1, 0.15) is 33.1 Å². The summed E-state index contributed by atoms with van der Waals surface area (Å²) < 4.78 is 31.9. The topological polar surface area (TPSA) is 87.7 Å². The van der Waals surface area contributed by atoms with E-state index in [0.29, 0.717) is 19.0 Å². The number of hydrogen-bond donors (Lipinski definition) is 2. The Morgan fingerprint density at radius 3 is 2.70 bits per heavy atom. The first-order valence-corrected chi connectivity index (χ1v) is 8.39. The van der Waals surface area contributed by atoms with Crippen molar-refractivity contribution < 1.29 is 17.9 Å². The van der Waals surface area contributed by atoms with Crippen molar-refractivity contribution >= 4 is 16.3 Å². The highest BCUT2D eigenvalue weighted by Crippen LogP contribution is 2.19. The number of hydrogen-bond acceptors (Lipinski definition) is 5. The quantitative estimate of drug-likeness (QED) is 0.754. The van der Waals surface area contributed by atoms with Crippen LogP contribution in [0.15, 0.2) is 0 Å². The first-order valence-electron chi connectivity index (χ1n) is 6.95. The van der Waals surface area contributed by atoms with Crippen LogP contribution in [0.2, 0.25) is 0 Å². The first kappa shape index (κ1) is 17.2. The van der Waals surface area contributed by atoms with Gasteiger partial charge < -0.3 is 10.1 Å². The van der Waals surface area contributed by atoms with Gasteiger partial charge in [-0.2, -0.15) is 12.7 Å². The predicted molar refractivity (Wildman–Crippen MR) is 76.5 cm³/mol. The van der Waals surface area contributed by atoms with Gasteiger partial charge >= 0.3 is 16.3 Å². The number of carbonyl (C=O) groups excluding carboxylic acids is 1. The molecule has 0 radical (unpaired) electrons. The molecule has 1 aliphatic rings. The molecule has 0 aromatic rings. The fourth-order valence-electron chi connectivity index (χ4n) is 2.24. The van der Waals surface area contributed by atoms with Gasteiger partial charge in [0.1, 0.15) is 0 Å². The van der Waals surface area contributed by atoms with Crippen LogP contribution in [-0.4, -0.2) is 51.6 Å². The van der Waals surface area contributed by atoms with Gasteiger partial charge in [-0.1, -0.05) is 20.3 Å². The van der Waals surface area contributed by atoms with Gasteiger partial charge in [0.15, 0.2) is 0 Å². The molecule has 0 aliphatic carbocycles. The third-order valence-electron chi connectivity index (χ3n) is 3.21. The van der Waals surface area contributed by atoms with E-state index in [4.69, 9.17) is 0 Å². The summed E-state index contributed by atoms with van der Waals surface area (Å²) in [6, 6.07) is -0.121. The maximum atomic E-state index is 12.1. The molecule has 1 heterocycles. The van der Waals surface area contributed by atoms with E-state index in [2.05, 4.69) is 23.9 Å². The molecular formula is C12H25N3O4S. The number of carbonyl (C=O) groups is 1. The molecule has 118 valence electrons. The second-order valence-corrected chi connectivity index (χ2v) is 7.03. The Labute approximate surface area is 121 Å².